The summed E-state index contributed by atoms with van der Waals surface area (Å²) < 4.78 is 0. The zero-order chi connectivity index (χ0) is 14.8. The van der Waals surface area contributed by atoms with Crippen molar-refractivity contribution >= 4 is 39.8 Å². The summed E-state index contributed by atoms with van der Waals surface area (Å²) in [6, 6.07) is 8.94. The van der Waals surface area contributed by atoms with E-state index < -0.39 is 0 Å². The topological polar surface area (TPSA) is 80.9 Å². The first-order chi connectivity index (χ1) is 10.1. The highest BCUT2D eigenvalue weighted by Crippen LogP contribution is 2.24. The van der Waals surface area contributed by atoms with E-state index in [1.54, 1.807) is 18.5 Å². The lowest BCUT2D eigenvalue weighted by molar-refractivity contribution is 0.102. The van der Waals surface area contributed by atoms with Gasteiger partial charge in [-0.2, -0.15) is 0 Å². The lowest BCUT2D eigenvalue weighted by atomic mass is 10.1. The fourth-order valence-electron chi connectivity index (χ4n) is 2.04. The van der Waals surface area contributed by atoms with Crippen LogP contribution in [0.15, 0.2) is 48.9 Å². The maximum atomic E-state index is 12.3. The first-order valence-electron chi connectivity index (χ1n) is 6.20. The predicted molar refractivity (Wildman–Crippen MR) is 83.4 cm³/mol. The molecule has 0 saturated heterocycles. The van der Waals surface area contributed by atoms with Crippen LogP contribution in [-0.2, 0) is 0 Å². The minimum Gasteiger partial charge on any atom is -0.384 e. The van der Waals surface area contributed by atoms with Gasteiger partial charge in [0.1, 0.15) is 5.82 Å². The molecular weight excluding hydrogens is 288 g/mol. The number of nitrogens with two attached hydrogens (primary N) is 1. The average molecular weight is 299 g/mol. The zero-order valence-electron chi connectivity index (χ0n) is 10.9. The summed E-state index contributed by atoms with van der Waals surface area (Å²) in [6.45, 7) is 0. The Kier molecular flexibility index (Phi) is 3.41. The highest BCUT2D eigenvalue weighted by atomic mass is 35.5. The molecule has 0 aliphatic heterocycles. The molecule has 6 heteroatoms. The molecule has 1 aromatic carbocycles. The molecule has 5 nitrogen and oxygen atoms in total. The van der Waals surface area contributed by atoms with Gasteiger partial charge in [0.05, 0.1) is 16.3 Å². The van der Waals surface area contributed by atoms with Gasteiger partial charge in [0, 0.05) is 24.0 Å². The molecule has 3 rings (SSSR count). The Morgan fingerprint density at radius 3 is 2.95 bits per heavy atom. The Morgan fingerprint density at radius 1 is 1.24 bits per heavy atom. The van der Waals surface area contributed by atoms with Gasteiger partial charge in [0.15, 0.2) is 0 Å². The largest absolute Gasteiger partial charge is 0.384 e. The second kappa shape index (κ2) is 5.38. The van der Waals surface area contributed by atoms with Gasteiger partial charge < -0.3 is 11.1 Å². The smallest absolute Gasteiger partial charge is 0.257 e. The van der Waals surface area contributed by atoms with E-state index in [1.165, 1.54) is 12.3 Å². The number of nitrogen functional groups attached to an aromatic ring is 1. The third-order valence-electron chi connectivity index (χ3n) is 3.05. The third kappa shape index (κ3) is 2.64. The number of nitrogens with zero attached hydrogens (tertiary/aromatic N) is 2. The van der Waals surface area contributed by atoms with E-state index in [9.17, 15) is 4.79 Å². The molecule has 3 aromatic rings. The molecule has 0 radical (unpaired) electrons. The Hall–Kier alpha value is -2.66. The quantitative estimate of drug-likeness (QED) is 0.761. The number of carbonyl (C=O) groups excluding carboxylic acids is 1. The minimum absolute atomic E-state index is 0.240. The van der Waals surface area contributed by atoms with Crippen molar-refractivity contribution < 1.29 is 4.79 Å². The highest BCUT2D eigenvalue weighted by Gasteiger charge is 2.13. The van der Waals surface area contributed by atoms with Gasteiger partial charge in [-0.15, -0.1) is 0 Å². The summed E-state index contributed by atoms with van der Waals surface area (Å²) in [7, 11) is 0. The number of hydrogen-bond acceptors (Lipinski definition) is 4. The van der Waals surface area contributed by atoms with Crippen LogP contribution >= 0.6 is 11.6 Å². The van der Waals surface area contributed by atoms with Gasteiger partial charge in [-0.05, 0) is 23.6 Å². The van der Waals surface area contributed by atoms with Crippen LogP contribution in [-0.4, -0.2) is 15.9 Å². The Morgan fingerprint density at radius 2 is 2.10 bits per heavy atom. The van der Waals surface area contributed by atoms with Crippen LogP contribution in [0.3, 0.4) is 0 Å². The number of fused-ring (bicyclic) bond motifs is 1. The fourth-order valence-corrected chi connectivity index (χ4v) is 2.23. The van der Waals surface area contributed by atoms with Gasteiger partial charge in [-0.25, -0.2) is 4.98 Å². The van der Waals surface area contributed by atoms with Crippen LogP contribution in [0.4, 0.5) is 11.5 Å². The van der Waals surface area contributed by atoms with E-state index >= 15 is 0 Å². The minimum atomic E-state index is -0.342. The molecule has 21 heavy (non-hydrogen) atoms. The van der Waals surface area contributed by atoms with Crippen molar-refractivity contribution in [3.63, 3.8) is 0 Å². The van der Waals surface area contributed by atoms with Crippen LogP contribution in [0.1, 0.15) is 10.4 Å². The SMILES string of the molecule is Nc1cc(C(=O)Nc2cccc3ccncc23)c(Cl)cn1. The molecule has 0 aliphatic carbocycles. The lowest BCUT2D eigenvalue weighted by Gasteiger charge is -2.09. The second-order valence-corrected chi connectivity index (χ2v) is 4.85. The monoisotopic (exact) mass is 298 g/mol. The lowest BCUT2D eigenvalue weighted by Crippen LogP contribution is -2.13. The van der Waals surface area contributed by atoms with Gasteiger partial charge in [-0.1, -0.05) is 23.7 Å². The summed E-state index contributed by atoms with van der Waals surface area (Å²) in [5, 5.41) is 4.91. The summed E-state index contributed by atoms with van der Waals surface area (Å²) in [4.78, 5) is 20.2. The molecule has 0 atom stereocenters. The van der Waals surface area contributed by atoms with E-state index in [0.717, 1.165) is 10.8 Å². The first-order valence-corrected chi connectivity index (χ1v) is 6.58. The number of rotatable bonds is 2. The van der Waals surface area contributed by atoms with Crippen LogP contribution in [0.2, 0.25) is 5.02 Å². The summed E-state index contributed by atoms with van der Waals surface area (Å²) in [5.74, 6) is -0.102. The van der Waals surface area contributed by atoms with Gasteiger partial charge >= 0.3 is 0 Å². The van der Waals surface area contributed by atoms with Gasteiger partial charge in [-0.3, -0.25) is 9.78 Å². The molecule has 3 N–H and O–H groups in total. The van der Waals surface area contributed by atoms with E-state index in [0.29, 0.717) is 5.69 Å². The number of carbonyl (C=O) groups is 1. The molecule has 0 fully saturated rings. The number of amides is 1. The van der Waals surface area contributed by atoms with Crippen molar-refractivity contribution in [1.82, 2.24) is 9.97 Å². The summed E-state index contributed by atoms with van der Waals surface area (Å²) in [5.41, 5.74) is 6.54. The molecule has 104 valence electrons. The zero-order valence-corrected chi connectivity index (χ0v) is 11.6. The Balaban J connectivity index is 1.99. The van der Waals surface area contributed by atoms with Crippen LogP contribution in [0.25, 0.3) is 10.8 Å². The molecule has 2 aromatic heterocycles. The number of aromatic nitrogens is 2. The number of benzene rings is 1. The fraction of sp³-hybridized carbons (Fsp3) is 0. The first kappa shape index (κ1) is 13.3. The Bertz CT molecular complexity index is 830. The van der Waals surface area contributed by atoms with E-state index in [-0.39, 0.29) is 22.3 Å². The van der Waals surface area contributed by atoms with Crippen LogP contribution in [0.5, 0.6) is 0 Å². The molecular formula is C15H11ClN4O. The van der Waals surface area contributed by atoms with Crippen molar-refractivity contribution in [1.29, 1.82) is 0 Å². The summed E-state index contributed by atoms with van der Waals surface area (Å²) >= 11 is 5.98. The summed E-state index contributed by atoms with van der Waals surface area (Å²) in [6.07, 6.45) is 4.76. The van der Waals surface area contributed by atoms with Crippen LogP contribution < -0.4 is 11.1 Å². The predicted octanol–water partition coefficient (Wildman–Crippen LogP) is 3.12. The van der Waals surface area contributed by atoms with Gasteiger partial charge in [0.25, 0.3) is 5.91 Å². The molecule has 0 spiro atoms. The number of halogens is 1. The van der Waals surface area contributed by atoms with Crippen molar-refractivity contribution in [3.8, 4) is 0 Å². The van der Waals surface area contributed by atoms with E-state index in [1.807, 2.05) is 18.2 Å². The standard InChI is InChI=1S/C15H11ClN4O/c16-12-8-19-14(17)6-10(12)15(21)20-13-3-1-2-9-4-5-18-7-11(9)13/h1-8H,(H2,17,19)(H,20,21). The highest BCUT2D eigenvalue weighted by molar-refractivity contribution is 6.34. The van der Waals surface area contributed by atoms with Crippen LogP contribution in [0, 0.1) is 0 Å². The maximum Gasteiger partial charge on any atom is 0.257 e. The number of pyridine rings is 2. The molecule has 0 unspecified atom stereocenters. The maximum absolute atomic E-state index is 12.3. The van der Waals surface area contributed by atoms with E-state index in [4.69, 9.17) is 17.3 Å². The van der Waals surface area contributed by atoms with E-state index in [2.05, 4.69) is 15.3 Å². The van der Waals surface area contributed by atoms with Gasteiger partial charge in [0.2, 0.25) is 0 Å². The van der Waals surface area contributed by atoms with Crippen molar-refractivity contribution in [2.75, 3.05) is 11.1 Å². The number of anilines is 2. The average Bonchev–Trinajstić information content (AvgIpc) is 2.50. The van der Waals surface area contributed by atoms with Crippen molar-refractivity contribution in [2.24, 2.45) is 0 Å². The molecule has 0 saturated carbocycles. The Labute approximate surface area is 125 Å². The van der Waals surface area contributed by atoms with Crippen molar-refractivity contribution in [3.05, 3.63) is 59.5 Å². The normalized spacial score (nSPS) is 10.5. The molecule has 0 aliphatic rings. The number of nitrogens with one attached hydrogen (secondary N) is 1. The second-order valence-electron chi connectivity index (χ2n) is 4.45. The van der Waals surface area contributed by atoms with Crippen molar-refractivity contribution in [2.45, 2.75) is 0 Å². The molecule has 1 amide bonds. The molecule has 2 heterocycles. The molecule has 0 bridgehead atoms. The number of hydrogen-bond donors (Lipinski definition) is 2. The third-order valence-corrected chi connectivity index (χ3v) is 3.35.